The molecule has 1 amide bonds. The molecule has 2 fully saturated rings. The summed E-state index contributed by atoms with van der Waals surface area (Å²) < 4.78 is 5.30. The second-order valence-electron chi connectivity index (χ2n) is 10.6. The van der Waals surface area contributed by atoms with E-state index >= 15 is 0 Å². The maximum atomic E-state index is 13.4. The molecule has 1 saturated heterocycles. The lowest BCUT2D eigenvalue weighted by atomic mass is 9.94. The molecule has 200 valence electrons. The fraction of sp³-hybridized carbons (Fsp3) is 0.467. The number of anilines is 1. The van der Waals surface area contributed by atoms with Gasteiger partial charge in [-0.2, -0.15) is 0 Å². The van der Waals surface area contributed by atoms with Gasteiger partial charge in [-0.15, -0.1) is 0 Å². The molecule has 1 saturated carbocycles. The Balaban J connectivity index is 1.28. The van der Waals surface area contributed by atoms with Gasteiger partial charge in [0.25, 0.3) is 0 Å². The summed E-state index contributed by atoms with van der Waals surface area (Å²) in [6.07, 6.45) is 1.86. The van der Waals surface area contributed by atoms with Crippen molar-refractivity contribution in [2.45, 2.75) is 51.6 Å². The van der Waals surface area contributed by atoms with E-state index in [0.29, 0.717) is 37.9 Å². The van der Waals surface area contributed by atoms with Gasteiger partial charge in [-0.25, -0.2) is 14.8 Å². The van der Waals surface area contributed by atoms with Crippen molar-refractivity contribution in [2.75, 3.05) is 38.1 Å². The topological polar surface area (TPSA) is 87.7 Å². The number of aromatic nitrogens is 2. The molecule has 1 aliphatic carbocycles. The van der Waals surface area contributed by atoms with Gasteiger partial charge < -0.3 is 15.0 Å². The Hall–Kier alpha value is -3.52. The molecule has 38 heavy (non-hydrogen) atoms. The van der Waals surface area contributed by atoms with E-state index in [4.69, 9.17) is 14.7 Å². The number of nitrogens with zero attached hydrogens (tertiary/aromatic N) is 4. The van der Waals surface area contributed by atoms with Crippen LogP contribution in [0.1, 0.15) is 45.0 Å². The van der Waals surface area contributed by atoms with Crippen molar-refractivity contribution in [2.24, 2.45) is 5.92 Å². The highest BCUT2D eigenvalue weighted by molar-refractivity contribution is 5.92. The number of ether oxygens (including phenoxy) is 1. The fourth-order valence-electron chi connectivity index (χ4n) is 5.30. The zero-order valence-corrected chi connectivity index (χ0v) is 22.5. The van der Waals surface area contributed by atoms with Crippen LogP contribution in [0.4, 0.5) is 5.82 Å². The second kappa shape index (κ2) is 11.1. The van der Waals surface area contributed by atoms with Gasteiger partial charge in [0, 0.05) is 31.6 Å². The minimum Gasteiger partial charge on any atom is -0.464 e. The molecule has 0 radical (unpaired) electrons. The van der Waals surface area contributed by atoms with Crippen LogP contribution in [0.3, 0.4) is 0 Å². The van der Waals surface area contributed by atoms with Crippen LogP contribution in [0.15, 0.2) is 54.6 Å². The molecule has 5 rings (SSSR count). The van der Waals surface area contributed by atoms with E-state index in [1.165, 1.54) is 0 Å². The number of amides is 1. The number of para-hydroxylation sites is 1. The van der Waals surface area contributed by atoms with Gasteiger partial charge in [0.2, 0.25) is 5.91 Å². The third-order valence-corrected chi connectivity index (χ3v) is 7.66. The molecule has 3 aromatic rings. The van der Waals surface area contributed by atoms with Crippen LogP contribution in [0.2, 0.25) is 0 Å². The van der Waals surface area contributed by atoms with Crippen LogP contribution < -0.4 is 5.32 Å². The second-order valence-corrected chi connectivity index (χ2v) is 10.6. The number of rotatable bonds is 9. The number of hydrogen-bond donors (Lipinski definition) is 1. The minimum atomic E-state index is -0.505. The highest BCUT2D eigenvalue weighted by Crippen LogP contribution is 2.49. The summed E-state index contributed by atoms with van der Waals surface area (Å²) in [5.41, 5.74) is 1.65. The standard InChI is InChI=1S/C30H37N5O3/c1-4-38-28(36)26(21(2)3)33-27-23-12-8-9-13-24(23)31-25(32-27)20-34-16-18-35(19-17-34)29(37)30(14-15-30)22-10-6-5-7-11-22/h5-13,21,26H,4,14-20H2,1-3H3,(H,31,32,33)/t26-/m0/s1. The number of fused-ring (bicyclic) bond motifs is 1. The third-order valence-electron chi connectivity index (χ3n) is 7.66. The van der Waals surface area contributed by atoms with Gasteiger partial charge in [-0.1, -0.05) is 56.3 Å². The molecule has 8 heteroatoms. The molecular formula is C30H37N5O3. The summed E-state index contributed by atoms with van der Waals surface area (Å²) in [5.74, 6) is 1.35. The molecular weight excluding hydrogens is 478 g/mol. The molecule has 0 unspecified atom stereocenters. The van der Waals surface area contributed by atoms with Gasteiger partial charge >= 0.3 is 5.97 Å². The Kier molecular flexibility index (Phi) is 7.61. The Morgan fingerprint density at radius 1 is 0.974 bits per heavy atom. The first kappa shape index (κ1) is 26.1. The first-order chi connectivity index (χ1) is 18.4. The van der Waals surface area contributed by atoms with Crippen LogP contribution >= 0.6 is 0 Å². The van der Waals surface area contributed by atoms with Gasteiger partial charge in [0.15, 0.2) is 0 Å². The third kappa shape index (κ3) is 5.36. The largest absolute Gasteiger partial charge is 0.464 e. The molecule has 1 N–H and O–H groups in total. The summed E-state index contributed by atoms with van der Waals surface area (Å²) in [5, 5.41) is 4.22. The van der Waals surface area contributed by atoms with Crippen LogP contribution in [0.5, 0.6) is 0 Å². The molecule has 2 heterocycles. The number of hydrogen-bond acceptors (Lipinski definition) is 7. The maximum absolute atomic E-state index is 13.4. The normalized spacial score (nSPS) is 17.8. The summed E-state index contributed by atoms with van der Waals surface area (Å²) in [7, 11) is 0. The quantitative estimate of drug-likeness (QED) is 0.431. The monoisotopic (exact) mass is 515 g/mol. The lowest BCUT2D eigenvalue weighted by Gasteiger charge is -2.36. The van der Waals surface area contributed by atoms with E-state index in [1.807, 2.05) is 68.1 Å². The molecule has 2 aromatic carbocycles. The Morgan fingerprint density at radius 2 is 1.66 bits per heavy atom. The lowest BCUT2D eigenvalue weighted by molar-refractivity contribution is -0.145. The van der Waals surface area contributed by atoms with Gasteiger partial charge in [-0.05, 0) is 43.4 Å². The summed E-state index contributed by atoms with van der Waals surface area (Å²) >= 11 is 0. The minimum absolute atomic E-state index is 0.0301. The highest BCUT2D eigenvalue weighted by atomic mass is 16.5. The number of esters is 1. The Bertz CT molecular complexity index is 1280. The lowest BCUT2D eigenvalue weighted by Crippen LogP contribution is -2.51. The van der Waals surface area contributed by atoms with Crippen molar-refractivity contribution >= 4 is 28.6 Å². The zero-order chi connectivity index (χ0) is 26.7. The van der Waals surface area contributed by atoms with Crippen molar-refractivity contribution in [1.29, 1.82) is 0 Å². The molecule has 1 aliphatic heterocycles. The van der Waals surface area contributed by atoms with Gasteiger partial charge in [-0.3, -0.25) is 9.69 Å². The van der Waals surface area contributed by atoms with E-state index in [-0.39, 0.29) is 23.2 Å². The van der Waals surface area contributed by atoms with Crippen molar-refractivity contribution in [3.63, 3.8) is 0 Å². The molecule has 1 atom stereocenters. The van der Waals surface area contributed by atoms with Gasteiger partial charge in [0.05, 0.1) is 24.1 Å². The predicted octanol–water partition coefficient (Wildman–Crippen LogP) is 4.01. The summed E-state index contributed by atoms with van der Waals surface area (Å²) in [6, 6.07) is 17.5. The first-order valence-electron chi connectivity index (χ1n) is 13.7. The molecule has 2 aliphatic rings. The Morgan fingerprint density at radius 3 is 2.32 bits per heavy atom. The van der Waals surface area contributed by atoms with E-state index in [1.54, 1.807) is 0 Å². The number of piperazine rings is 1. The average molecular weight is 516 g/mol. The van der Waals surface area contributed by atoms with Crippen molar-refractivity contribution in [3.05, 3.63) is 66.0 Å². The number of nitrogens with one attached hydrogen (secondary N) is 1. The van der Waals surface area contributed by atoms with Crippen LogP contribution in [-0.2, 0) is 26.3 Å². The SMILES string of the molecule is CCOC(=O)[C@@H](Nc1nc(CN2CCN(C(=O)C3(c4ccccc4)CC3)CC2)nc2ccccc12)C(C)C. The average Bonchev–Trinajstić information content (AvgIpc) is 3.74. The van der Waals surface area contributed by atoms with E-state index in [0.717, 1.165) is 42.4 Å². The van der Waals surface area contributed by atoms with Crippen LogP contribution in [0.25, 0.3) is 10.9 Å². The van der Waals surface area contributed by atoms with Crippen molar-refractivity contribution in [1.82, 2.24) is 19.8 Å². The smallest absolute Gasteiger partial charge is 0.328 e. The van der Waals surface area contributed by atoms with E-state index < -0.39 is 6.04 Å². The molecule has 8 nitrogen and oxygen atoms in total. The van der Waals surface area contributed by atoms with Crippen molar-refractivity contribution in [3.8, 4) is 0 Å². The van der Waals surface area contributed by atoms with Gasteiger partial charge in [0.1, 0.15) is 17.7 Å². The number of benzene rings is 2. The highest BCUT2D eigenvalue weighted by Gasteiger charge is 2.53. The number of carbonyl (C=O) groups is 2. The number of carbonyl (C=O) groups excluding carboxylic acids is 2. The zero-order valence-electron chi connectivity index (χ0n) is 22.5. The fourth-order valence-corrected chi connectivity index (χ4v) is 5.30. The molecule has 1 aromatic heterocycles. The molecule has 0 spiro atoms. The van der Waals surface area contributed by atoms with Crippen molar-refractivity contribution < 1.29 is 14.3 Å². The Labute approximate surface area is 224 Å². The summed E-state index contributed by atoms with van der Waals surface area (Å²) in [6.45, 7) is 9.64. The van der Waals surface area contributed by atoms with E-state index in [9.17, 15) is 9.59 Å². The first-order valence-corrected chi connectivity index (χ1v) is 13.7. The van der Waals surface area contributed by atoms with E-state index in [2.05, 4.69) is 22.3 Å². The maximum Gasteiger partial charge on any atom is 0.328 e. The predicted molar refractivity (Wildman–Crippen MR) is 148 cm³/mol. The van der Waals surface area contributed by atoms with Crippen LogP contribution in [0, 0.1) is 5.92 Å². The summed E-state index contributed by atoms with van der Waals surface area (Å²) in [4.78, 5) is 40.0. The van der Waals surface area contributed by atoms with Crippen LogP contribution in [-0.4, -0.2) is 70.5 Å². The molecule has 0 bridgehead atoms.